The first-order chi connectivity index (χ1) is 13.9. The maximum Gasteiger partial charge on any atom is 0.263 e. The van der Waals surface area contributed by atoms with Crippen LogP contribution in [0.4, 0.5) is 0 Å². The number of oxazole rings is 1. The molecule has 0 aliphatic heterocycles. The van der Waals surface area contributed by atoms with Crippen LogP contribution in [0.15, 0.2) is 45.7 Å². The maximum absolute atomic E-state index is 12.9. The smallest absolute Gasteiger partial charge is 0.263 e. The van der Waals surface area contributed by atoms with Crippen molar-refractivity contribution >= 4 is 17.0 Å². The summed E-state index contributed by atoms with van der Waals surface area (Å²) in [4.78, 5) is 32.0. The highest BCUT2D eigenvalue weighted by atomic mass is 16.3. The third-order valence-electron chi connectivity index (χ3n) is 4.85. The van der Waals surface area contributed by atoms with Crippen LogP contribution in [0.1, 0.15) is 41.2 Å². The Kier molecular flexibility index (Phi) is 6.49. The summed E-state index contributed by atoms with van der Waals surface area (Å²) in [5.41, 5.74) is 2.23. The highest BCUT2D eigenvalue weighted by Crippen LogP contribution is 2.15. The average molecular weight is 396 g/mol. The first-order valence-electron chi connectivity index (χ1n) is 9.86. The van der Waals surface area contributed by atoms with Gasteiger partial charge in [0.25, 0.3) is 11.5 Å². The van der Waals surface area contributed by atoms with Crippen LogP contribution in [-0.2, 0) is 6.42 Å². The Labute approximate surface area is 170 Å². The summed E-state index contributed by atoms with van der Waals surface area (Å²) in [7, 11) is 3.92. The lowest BCUT2D eigenvalue weighted by molar-refractivity contribution is 0.0950. The topological polar surface area (TPSA) is 80.4 Å². The van der Waals surface area contributed by atoms with Crippen LogP contribution >= 0.6 is 0 Å². The van der Waals surface area contributed by atoms with Crippen molar-refractivity contribution in [3.63, 3.8) is 0 Å². The number of nitrogens with zero attached hydrogens (tertiary/aromatic N) is 3. The lowest BCUT2D eigenvalue weighted by atomic mass is 10.1. The van der Waals surface area contributed by atoms with Gasteiger partial charge < -0.3 is 19.2 Å². The zero-order valence-corrected chi connectivity index (χ0v) is 17.4. The minimum Gasteiger partial charge on any atom is -0.441 e. The van der Waals surface area contributed by atoms with Gasteiger partial charge in [-0.3, -0.25) is 9.59 Å². The number of hydrogen-bond donors (Lipinski definition) is 1. The van der Waals surface area contributed by atoms with Crippen molar-refractivity contribution in [2.75, 3.05) is 27.2 Å². The number of pyridine rings is 1. The second kappa shape index (κ2) is 9.05. The van der Waals surface area contributed by atoms with Crippen molar-refractivity contribution in [3.8, 4) is 0 Å². The molecule has 1 aromatic carbocycles. The molecular weight excluding hydrogens is 368 g/mol. The van der Waals surface area contributed by atoms with Crippen LogP contribution in [0.2, 0.25) is 0 Å². The van der Waals surface area contributed by atoms with Crippen molar-refractivity contribution in [1.82, 2.24) is 19.8 Å². The Balaban J connectivity index is 1.62. The fourth-order valence-electron chi connectivity index (χ4n) is 3.44. The number of para-hydroxylation sites is 2. The number of benzene rings is 1. The predicted octanol–water partition coefficient (Wildman–Crippen LogP) is 2.78. The molecule has 3 aromatic rings. The molecule has 1 N–H and O–H groups in total. The van der Waals surface area contributed by atoms with E-state index in [4.69, 9.17) is 4.42 Å². The molecule has 0 radical (unpaired) electrons. The number of nitrogens with one attached hydrogen (secondary N) is 1. The second-order valence-corrected chi connectivity index (χ2v) is 7.63. The van der Waals surface area contributed by atoms with Gasteiger partial charge in [0.1, 0.15) is 11.1 Å². The lowest BCUT2D eigenvalue weighted by Gasteiger charge is -2.20. The van der Waals surface area contributed by atoms with Crippen LogP contribution in [-0.4, -0.2) is 47.5 Å². The molecule has 0 aliphatic carbocycles. The fraction of sp³-hybridized carbons (Fsp3) is 0.409. The number of carbonyl (C=O) groups is 1. The van der Waals surface area contributed by atoms with Gasteiger partial charge in [0.05, 0.1) is 0 Å². The maximum atomic E-state index is 12.9. The SMILES string of the molecule is Cc1ccn(C(C)CN(C)C)c(=O)c1C(=O)NCCCc1nc2ccccc2o1. The Bertz CT molecular complexity index is 1020. The van der Waals surface area contributed by atoms with Crippen molar-refractivity contribution in [2.24, 2.45) is 0 Å². The number of rotatable bonds is 8. The highest BCUT2D eigenvalue weighted by Gasteiger charge is 2.18. The van der Waals surface area contributed by atoms with E-state index in [-0.39, 0.29) is 23.1 Å². The van der Waals surface area contributed by atoms with Crippen molar-refractivity contribution in [1.29, 1.82) is 0 Å². The van der Waals surface area contributed by atoms with Gasteiger partial charge in [-0.15, -0.1) is 0 Å². The predicted molar refractivity (Wildman–Crippen MR) is 113 cm³/mol. The third-order valence-corrected chi connectivity index (χ3v) is 4.85. The van der Waals surface area contributed by atoms with Gasteiger partial charge >= 0.3 is 0 Å². The van der Waals surface area contributed by atoms with Crippen LogP contribution in [0.5, 0.6) is 0 Å². The quantitative estimate of drug-likeness (QED) is 0.592. The number of hydrogen-bond acceptors (Lipinski definition) is 5. The molecule has 1 amide bonds. The van der Waals surface area contributed by atoms with Gasteiger partial charge in [0, 0.05) is 31.7 Å². The van der Waals surface area contributed by atoms with Gasteiger partial charge in [-0.05, 0) is 58.1 Å². The standard InChI is InChI=1S/C22H28N4O3/c1-15-11-13-26(16(2)14-25(3)4)22(28)20(15)21(27)23-12-7-10-19-24-17-8-5-6-9-18(17)29-19/h5-6,8-9,11,13,16H,7,10,12,14H2,1-4H3,(H,23,27). The Morgan fingerprint density at radius 1 is 1.28 bits per heavy atom. The van der Waals surface area contributed by atoms with Crippen LogP contribution in [0.25, 0.3) is 11.1 Å². The summed E-state index contributed by atoms with van der Waals surface area (Å²) >= 11 is 0. The summed E-state index contributed by atoms with van der Waals surface area (Å²) in [6.45, 7) is 4.92. The molecule has 0 bridgehead atoms. The second-order valence-electron chi connectivity index (χ2n) is 7.63. The molecule has 1 unspecified atom stereocenters. The molecule has 29 heavy (non-hydrogen) atoms. The van der Waals surface area contributed by atoms with Gasteiger partial charge in [0.2, 0.25) is 0 Å². The molecule has 3 rings (SSSR count). The van der Waals surface area contributed by atoms with Crippen molar-refractivity contribution < 1.29 is 9.21 Å². The minimum absolute atomic E-state index is 0.0243. The molecular formula is C22H28N4O3. The number of fused-ring (bicyclic) bond motifs is 1. The summed E-state index contributed by atoms with van der Waals surface area (Å²) < 4.78 is 7.32. The number of carbonyl (C=O) groups excluding carboxylic acids is 1. The Morgan fingerprint density at radius 2 is 2.03 bits per heavy atom. The number of likely N-dealkylation sites (N-methyl/N-ethyl adjacent to an activating group) is 1. The number of amides is 1. The van der Waals surface area contributed by atoms with E-state index < -0.39 is 0 Å². The molecule has 154 valence electrons. The molecule has 0 spiro atoms. The number of aryl methyl sites for hydroxylation is 2. The molecule has 1 atom stereocenters. The molecule has 0 saturated carbocycles. The zero-order chi connectivity index (χ0) is 21.0. The molecule has 2 aromatic heterocycles. The Hall–Kier alpha value is -2.93. The average Bonchev–Trinajstić information content (AvgIpc) is 3.07. The van der Waals surface area contributed by atoms with E-state index in [1.54, 1.807) is 17.7 Å². The van der Waals surface area contributed by atoms with Gasteiger partial charge in [-0.2, -0.15) is 0 Å². The van der Waals surface area contributed by atoms with Gasteiger partial charge in [-0.1, -0.05) is 12.1 Å². The lowest BCUT2D eigenvalue weighted by Crippen LogP contribution is -2.37. The van der Waals surface area contributed by atoms with E-state index in [9.17, 15) is 9.59 Å². The Morgan fingerprint density at radius 3 is 2.76 bits per heavy atom. The van der Waals surface area contributed by atoms with Gasteiger partial charge in [0.15, 0.2) is 11.5 Å². The number of aromatic nitrogens is 2. The highest BCUT2D eigenvalue weighted by molar-refractivity contribution is 5.95. The first kappa shape index (κ1) is 20.8. The molecule has 7 nitrogen and oxygen atoms in total. The summed E-state index contributed by atoms with van der Waals surface area (Å²) in [5.74, 6) is 0.313. The van der Waals surface area contributed by atoms with Crippen molar-refractivity contribution in [3.05, 3.63) is 63.9 Å². The fourth-order valence-corrected chi connectivity index (χ4v) is 3.44. The minimum atomic E-state index is -0.337. The summed E-state index contributed by atoms with van der Waals surface area (Å²) in [6.07, 6.45) is 3.05. The van der Waals surface area contributed by atoms with Crippen LogP contribution in [0.3, 0.4) is 0 Å². The zero-order valence-electron chi connectivity index (χ0n) is 17.4. The van der Waals surface area contributed by atoms with E-state index in [1.807, 2.05) is 56.3 Å². The van der Waals surface area contributed by atoms with Crippen LogP contribution in [0, 0.1) is 6.92 Å². The molecule has 2 heterocycles. The third kappa shape index (κ3) is 4.92. The molecule has 0 aliphatic rings. The molecule has 0 fully saturated rings. The first-order valence-corrected chi connectivity index (χ1v) is 9.86. The van der Waals surface area contributed by atoms with E-state index in [2.05, 4.69) is 10.3 Å². The molecule has 7 heteroatoms. The monoisotopic (exact) mass is 396 g/mol. The van der Waals surface area contributed by atoms with Crippen molar-refractivity contribution in [2.45, 2.75) is 32.7 Å². The van der Waals surface area contributed by atoms with Gasteiger partial charge in [-0.25, -0.2) is 4.98 Å². The largest absolute Gasteiger partial charge is 0.441 e. The molecule has 0 saturated heterocycles. The van der Waals surface area contributed by atoms with E-state index in [0.29, 0.717) is 37.4 Å². The van der Waals surface area contributed by atoms with E-state index in [1.165, 1.54) is 0 Å². The normalized spacial score (nSPS) is 12.4. The summed E-state index contributed by atoms with van der Waals surface area (Å²) in [6, 6.07) is 9.41. The van der Waals surface area contributed by atoms with E-state index in [0.717, 1.165) is 11.1 Å². The summed E-state index contributed by atoms with van der Waals surface area (Å²) in [5, 5.41) is 2.86. The van der Waals surface area contributed by atoms with E-state index >= 15 is 0 Å². The van der Waals surface area contributed by atoms with Crippen LogP contribution < -0.4 is 10.9 Å².